The Bertz CT molecular complexity index is 259. The second kappa shape index (κ2) is 3.52. The van der Waals surface area contributed by atoms with Gasteiger partial charge in [0.1, 0.15) is 4.60 Å². The number of rotatable bonds is 3. The first-order valence-corrected chi connectivity index (χ1v) is 3.87. The number of imidazole rings is 1. The predicted molar refractivity (Wildman–Crippen MR) is 42.2 cm³/mol. The lowest BCUT2D eigenvalue weighted by Crippen LogP contribution is -2.02. The third kappa shape index (κ3) is 2.71. The van der Waals surface area contributed by atoms with E-state index in [4.69, 9.17) is 5.11 Å². The molecule has 0 amide bonds. The van der Waals surface area contributed by atoms with E-state index in [1.807, 2.05) is 0 Å². The molecule has 11 heavy (non-hydrogen) atoms. The van der Waals surface area contributed by atoms with Crippen molar-refractivity contribution in [2.24, 2.45) is 0 Å². The number of nitrogens with zero attached hydrogens (tertiary/aromatic N) is 2. The molecule has 0 unspecified atom stereocenters. The van der Waals surface area contributed by atoms with Crippen molar-refractivity contribution >= 4 is 21.9 Å². The van der Waals surface area contributed by atoms with Crippen molar-refractivity contribution in [3.63, 3.8) is 0 Å². The topological polar surface area (TPSA) is 55.1 Å². The molecule has 0 saturated carbocycles. The Morgan fingerprint density at radius 1 is 1.82 bits per heavy atom. The Morgan fingerprint density at radius 2 is 2.55 bits per heavy atom. The standard InChI is InChI=1S/C6H7BrN2O2/c7-5-3-9(4-8-5)2-1-6(10)11/h3-4H,1-2H2,(H,10,11). The van der Waals surface area contributed by atoms with E-state index in [2.05, 4.69) is 20.9 Å². The van der Waals surface area contributed by atoms with Gasteiger partial charge in [0.05, 0.1) is 12.7 Å². The summed E-state index contributed by atoms with van der Waals surface area (Å²) in [6.07, 6.45) is 3.46. The van der Waals surface area contributed by atoms with Gasteiger partial charge >= 0.3 is 5.97 Å². The maximum absolute atomic E-state index is 10.1. The third-order valence-corrected chi connectivity index (χ3v) is 1.60. The van der Waals surface area contributed by atoms with Gasteiger partial charge in [0, 0.05) is 12.7 Å². The van der Waals surface area contributed by atoms with Crippen molar-refractivity contribution in [1.29, 1.82) is 0 Å². The summed E-state index contributed by atoms with van der Waals surface area (Å²) >= 11 is 3.16. The lowest BCUT2D eigenvalue weighted by Gasteiger charge is -1.95. The van der Waals surface area contributed by atoms with Crippen LogP contribution in [0.3, 0.4) is 0 Å². The minimum Gasteiger partial charge on any atom is -0.481 e. The van der Waals surface area contributed by atoms with E-state index >= 15 is 0 Å². The summed E-state index contributed by atoms with van der Waals surface area (Å²) in [6.45, 7) is 0.466. The molecule has 0 aliphatic rings. The van der Waals surface area contributed by atoms with Crippen LogP contribution in [-0.2, 0) is 11.3 Å². The van der Waals surface area contributed by atoms with Crippen molar-refractivity contribution in [1.82, 2.24) is 9.55 Å². The second-order valence-electron chi connectivity index (χ2n) is 2.08. The Morgan fingerprint density at radius 3 is 3.00 bits per heavy atom. The molecule has 0 aliphatic heterocycles. The van der Waals surface area contributed by atoms with E-state index in [1.54, 1.807) is 17.1 Å². The van der Waals surface area contributed by atoms with Crippen LogP contribution in [0, 0.1) is 0 Å². The first-order valence-electron chi connectivity index (χ1n) is 3.07. The fraction of sp³-hybridized carbons (Fsp3) is 0.333. The number of aromatic nitrogens is 2. The zero-order valence-electron chi connectivity index (χ0n) is 5.70. The van der Waals surface area contributed by atoms with Gasteiger partial charge in [-0.1, -0.05) is 0 Å². The highest BCUT2D eigenvalue weighted by Crippen LogP contribution is 2.04. The quantitative estimate of drug-likeness (QED) is 0.828. The van der Waals surface area contributed by atoms with Crippen LogP contribution in [-0.4, -0.2) is 20.6 Å². The SMILES string of the molecule is O=C(O)CCn1cnc(Br)c1. The summed E-state index contributed by atoms with van der Waals surface area (Å²) in [6, 6.07) is 0. The average molecular weight is 219 g/mol. The molecule has 5 heteroatoms. The third-order valence-electron chi connectivity index (χ3n) is 1.19. The highest BCUT2D eigenvalue weighted by molar-refractivity contribution is 9.10. The van der Waals surface area contributed by atoms with Gasteiger partial charge in [-0.05, 0) is 15.9 Å². The van der Waals surface area contributed by atoms with Crippen LogP contribution in [0.1, 0.15) is 6.42 Å². The number of hydrogen-bond acceptors (Lipinski definition) is 2. The molecular formula is C6H7BrN2O2. The average Bonchev–Trinajstić information content (AvgIpc) is 2.31. The molecule has 1 heterocycles. The summed E-state index contributed by atoms with van der Waals surface area (Å²) in [5.74, 6) is -0.796. The van der Waals surface area contributed by atoms with Gasteiger partial charge in [0.2, 0.25) is 0 Å². The lowest BCUT2D eigenvalue weighted by atomic mass is 10.4. The molecule has 1 rings (SSSR count). The van der Waals surface area contributed by atoms with Crippen molar-refractivity contribution in [3.05, 3.63) is 17.1 Å². The minimum atomic E-state index is -0.796. The number of aryl methyl sites for hydroxylation is 1. The molecule has 0 aromatic carbocycles. The number of carbonyl (C=O) groups is 1. The van der Waals surface area contributed by atoms with E-state index < -0.39 is 5.97 Å². The molecule has 0 saturated heterocycles. The molecule has 0 atom stereocenters. The zero-order valence-corrected chi connectivity index (χ0v) is 7.28. The van der Waals surface area contributed by atoms with Crippen molar-refractivity contribution < 1.29 is 9.90 Å². The van der Waals surface area contributed by atoms with Gasteiger partial charge in [-0.25, -0.2) is 4.98 Å². The van der Waals surface area contributed by atoms with Crippen LogP contribution in [0.5, 0.6) is 0 Å². The van der Waals surface area contributed by atoms with Gasteiger partial charge in [-0.15, -0.1) is 0 Å². The van der Waals surface area contributed by atoms with E-state index in [9.17, 15) is 4.79 Å². The monoisotopic (exact) mass is 218 g/mol. The number of carboxylic acid groups (broad SMARTS) is 1. The molecule has 0 radical (unpaired) electrons. The fourth-order valence-corrected chi connectivity index (χ4v) is 1.03. The van der Waals surface area contributed by atoms with Crippen LogP contribution >= 0.6 is 15.9 Å². The summed E-state index contributed by atoms with van der Waals surface area (Å²) in [5.41, 5.74) is 0. The highest BCUT2D eigenvalue weighted by Gasteiger charge is 1.98. The summed E-state index contributed by atoms with van der Waals surface area (Å²) in [4.78, 5) is 14.0. The zero-order chi connectivity index (χ0) is 8.27. The maximum atomic E-state index is 10.1. The van der Waals surface area contributed by atoms with Crippen LogP contribution < -0.4 is 0 Å². The first kappa shape index (κ1) is 8.26. The molecule has 1 aromatic heterocycles. The number of carboxylic acids is 1. The highest BCUT2D eigenvalue weighted by atomic mass is 79.9. The number of aliphatic carboxylic acids is 1. The predicted octanol–water partition coefficient (Wildman–Crippen LogP) is 1.12. The van der Waals surface area contributed by atoms with Crippen LogP contribution in [0.2, 0.25) is 0 Å². The molecule has 4 nitrogen and oxygen atoms in total. The summed E-state index contributed by atoms with van der Waals surface area (Å²) < 4.78 is 2.45. The Hall–Kier alpha value is -0.840. The van der Waals surface area contributed by atoms with E-state index in [-0.39, 0.29) is 6.42 Å². The van der Waals surface area contributed by atoms with Crippen LogP contribution in [0.4, 0.5) is 0 Å². The summed E-state index contributed by atoms with van der Waals surface area (Å²) in [5, 5.41) is 8.34. The molecule has 0 aliphatic carbocycles. The molecular weight excluding hydrogens is 212 g/mol. The van der Waals surface area contributed by atoms with Crippen molar-refractivity contribution in [2.45, 2.75) is 13.0 Å². The Balaban J connectivity index is 2.45. The normalized spacial score (nSPS) is 9.91. The number of halogens is 1. The van der Waals surface area contributed by atoms with E-state index in [0.717, 1.165) is 4.60 Å². The van der Waals surface area contributed by atoms with Gasteiger partial charge in [-0.3, -0.25) is 4.79 Å². The molecule has 0 bridgehead atoms. The largest absolute Gasteiger partial charge is 0.481 e. The van der Waals surface area contributed by atoms with Crippen LogP contribution in [0.25, 0.3) is 0 Å². The maximum Gasteiger partial charge on any atom is 0.305 e. The molecule has 1 aromatic rings. The van der Waals surface area contributed by atoms with Gasteiger partial charge in [0.25, 0.3) is 0 Å². The van der Waals surface area contributed by atoms with Crippen molar-refractivity contribution in [2.75, 3.05) is 0 Å². The fourth-order valence-electron chi connectivity index (χ4n) is 0.680. The first-order chi connectivity index (χ1) is 5.18. The Labute approximate surface area is 72.0 Å². The smallest absolute Gasteiger partial charge is 0.305 e. The minimum absolute atomic E-state index is 0.128. The number of hydrogen-bond donors (Lipinski definition) is 1. The molecule has 0 spiro atoms. The van der Waals surface area contributed by atoms with E-state index in [0.29, 0.717) is 6.54 Å². The van der Waals surface area contributed by atoms with Crippen molar-refractivity contribution in [3.8, 4) is 0 Å². The van der Waals surface area contributed by atoms with E-state index in [1.165, 1.54) is 0 Å². The van der Waals surface area contributed by atoms with Gasteiger partial charge in [-0.2, -0.15) is 0 Å². The van der Waals surface area contributed by atoms with Crippen LogP contribution in [0.15, 0.2) is 17.1 Å². The van der Waals surface area contributed by atoms with Gasteiger partial charge < -0.3 is 9.67 Å². The lowest BCUT2D eigenvalue weighted by molar-refractivity contribution is -0.137. The second-order valence-corrected chi connectivity index (χ2v) is 2.89. The Kier molecular flexibility index (Phi) is 2.64. The molecule has 1 N–H and O–H groups in total. The molecule has 0 fully saturated rings. The molecule has 60 valence electrons. The van der Waals surface area contributed by atoms with Gasteiger partial charge in [0.15, 0.2) is 0 Å². The summed E-state index contributed by atoms with van der Waals surface area (Å²) in [7, 11) is 0.